The Morgan fingerprint density at radius 2 is 1.00 bits per heavy atom. The summed E-state index contributed by atoms with van der Waals surface area (Å²) in [5, 5.41) is 7.26. The molecule has 4 heteroatoms. The van der Waals surface area contributed by atoms with E-state index in [1.165, 1.54) is 21.5 Å². The van der Waals surface area contributed by atoms with Crippen molar-refractivity contribution in [3.8, 4) is 11.5 Å². The van der Waals surface area contributed by atoms with E-state index in [0.29, 0.717) is 11.8 Å². The van der Waals surface area contributed by atoms with Gasteiger partial charge in [0.2, 0.25) is 5.89 Å². The van der Waals surface area contributed by atoms with E-state index < -0.39 is 7.26 Å². The molecule has 3 nitrogen and oxygen atoms in total. The van der Waals surface area contributed by atoms with Gasteiger partial charge in [-0.05, 0) is 67.6 Å². The van der Waals surface area contributed by atoms with E-state index in [9.17, 15) is 0 Å². The molecule has 0 saturated heterocycles. The molecule has 184 valence electrons. The Bertz CT molecular complexity index is 1520. The fourth-order valence-electron chi connectivity index (χ4n) is 4.86. The third-order valence-electron chi connectivity index (χ3n) is 6.69. The summed E-state index contributed by atoms with van der Waals surface area (Å²) in [5.74, 6) is 1.26. The zero-order valence-corrected chi connectivity index (χ0v) is 22.1. The average molecular weight is 512 g/mol. The molecule has 1 heterocycles. The van der Waals surface area contributed by atoms with Crippen LogP contribution in [0.4, 0.5) is 11.6 Å². The van der Waals surface area contributed by atoms with Crippen molar-refractivity contribution in [2.75, 3.05) is 5.32 Å². The van der Waals surface area contributed by atoms with Crippen LogP contribution in [-0.2, 0) is 0 Å². The maximum Gasteiger partial charge on any atom is 0.263 e. The zero-order valence-electron chi connectivity index (χ0n) is 21.2. The van der Waals surface area contributed by atoms with Gasteiger partial charge in [0, 0.05) is 11.3 Å². The van der Waals surface area contributed by atoms with Gasteiger partial charge in [-0.2, -0.15) is 4.98 Å². The Kier molecular flexibility index (Phi) is 6.60. The van der Waals surface area contributed by atoms with Gasteiger partial charge in [-0.25, -0.2) is 0 Å². The van der Waals surface area contributed by atoms with Gasteiger partial charge < -0.3 is 9.73 Å². The quantitative estimate of drug-likeness (QED) is 0.234. The number of oxazole rings is 1. The van der Waals surface area contributed by atoms with Gasteiger partial charge in [-0.15, -0.1) is 0 Å². The number of anilines is 2. The standard InChI is InChI=1S/C34H28N2OP/c1-26-22-24-28(25-23-26)35-33-34(36-32(37-33)27-14-6-2-7-15-27)38(29-16-8-3-9-17-29,30-18-10-4-11-19-30)31-20-12-5-13-21-31/h2-25,35H,1H3/q+1. The van der Waals surface area contributed by atoms with E-state index in [2.05, 4.69) is 128 Å². The monoisotopic (exact) mass is 511 g/mol. The molecule has 0 spiro atoms. The molecule has 0 bridgehead atoms. The molecule has 0 saturated carbocycles. The Labute approximate surface area is 224 Å². The van der Waals surface area contributed by atoms with Crippen LogP contribution in [0, 0.1) is 6.92 Å². The molecule has 38 heavy (non-hydrogen) atoms. The third kappa shape index (κ3) is 4.42. The van der Waals surface area contributed by atoms with Gasteiger partial charge >= 0.3 is 0 Å². The van der Waals surface area contributed by atoms with Crippen molar-refractivity contribution < 1.29 is 4.42 Å². The van der Waals surface area contributed by atoms with Crippen LogP contribution in [0.3, 0.4) is 0 Å². The highest BCUT2D eigenvalue weighted by Crippen LogP contribution is 2.56. The van der Waals surface area contributed by atoms with Crippen molar-refractivity contribution in [1.82, 2.24) is 4.98 Å². The first-order valence-corrected chi connectivity index (χ1v) is 14.5. The maximum absolute atomic E-state index is 6.61. The van der Waals surface area contributed by atoms with Crippen LogP contribution >= 0.6 is 7.26 Å². The second-order valence-corrected chi connectivity index (χ2v) is 12.5. The summed E-state index contributed by atoms with van der Waals surface area (Å²) in [6, 6.07) is 50.7. The largest absolute Gasteiger partial charge is 0.416 e. The van der Waals surface area contributed by atoms with Crippen molar-refractivity contribution in [3.63, 3.8) is 0 Å². The molecule has 0 aliphatic carbocycles. The summed E-state index contributed by atoms with van der Waals surface area (Å²) in [6.07, 6.45) is 0. The van der Waals surface area contributed by atoms with Crippen LogP contribution in [0.15, 0.2) is 150 Å². The number of aromatic nitrogens is 1. The van der Waals surface area contributed by atoms with Crippen LogP contribution in [0.1, 0.15) is 5.56 Å². The van der Waals surface area contributed by atoms with Gasteiger partial charge in [-0.1, -0.05) is 90.5 Å². The lowest BCUT2D eigenvalue weighted by atomic mass is 10.2. The SMILES string of the molecule is Cc1ccc(Nc2oc(-c3ccccc3)nc2[P+](c2ccccc2)(c2ccccc2)c2ccccc2)cc1. The van der Waals surface area contributed by atoms with Crippen molar-refractivity contribution in [3.05, 3.63) is 151 Å². The Morgan fingerprint density at radius 1 is 0.553 bits per heavy atom. The molecule has 0 amide bonds. The van der Waals surface area contributed by atoms with Gasteiger partial charge in [0.05, 0.1) is 0 Å². The first kappa shape index (κ1) is 23.9. The van der Waals surface area contributed by atoms with E-state index in [1.807, 2.05) is 30.3 Å². The highest BCUT2D eigenvalue weighted by molar-refractivity contribution is 8.01. The fourth-order valence-corrected chi connectivity index (χ4v) is 9.00. The lowest BCUT2D eigenvalue weighted by Gasteiger charge is -2.25. The summed E-state index contributed by atoms with van der Waals surface area (Å²) in [6.45, 7) is 2.09. The smallest absolute Gasteiger partial charge is 0.263 e. The minimum atomic E-state index is -2.46. The van der Waals surface area contributed by atoms with Gasteiger partial charge in [-0.3, -0.25) is 0 Å². The molecule has 6 aromatic rings. The molecule has 0 aliphatic rings. The Balaban J connectivity index is 1.69. The normalized spacial score (nSPS) is 11.3. The summed E-state index contributed by atoms with van der Waals surface area (Å²) in [4.78, 5) is 5.32. The van der Waals surface area contributed by atoms with Crippen LogP contribution in [0.25, 0.3) is 11.5 Å². The van der Waals surface area contributed by atoms with E-state index in [-0.39, 0.29) is 0 Å². The summed E-state index contributed by atoms with van der Waals surface area (Å²) >= 11 is 0. The Hall–Kier alpha value is -4.46. The summed E-state index contributed by atoms with van der Waals surface area (Å²) in [7, 11) is -2.46. The van der Waals surface area contributed by atoms with Crippen LogP contribution < -0.4 is 26.7 Å². The second kappa shape index (κ2) is 10.5. The molecule has 1 N–H and O–H groups in total. The topological polar surface area (TPSA) is 38.1 Å². The number of hydrogen-bond donors (Lipinski definition) is 1. The Morgan fingerprint density at radius 3 is 1.47 bits per heavy atom. The minimum Gasteiger partial charge on any atom is -0.416 e. The second-order valence-electron chi connectivity index (χ2n) is 9.21. The van der Waals surface area contributed by atoms with Crippen LogP contribution in [0.5, 0.6) is 0 Å². The lowest BCUT2D eigenvalue weighted by molar-refractivity contribution is 0.592. The summed E-state index contributed by atoms with van der Waals surface area (Å²) in [5.41, 5.74) is 4.02. The van der Waals surface area contributed by atoms with Gasteiger partial charge in [0.15, 0.2) is 7.26 Å². The number of nitrogens with zero attached hydrogens (tertiary/aromatic N) is 1. The number of aryl methyl sites for hydroxylation is 1. The predicted octanol–water partition coefficient (Wildman–Crippen LogP) is 7.01. The molecule has 0 fully saturated rings. The highest BCUT2D eigenvalue weighted by atomic mass is 31.2. The van der Waals surface area contributed by atoms with E-state index in [4.69, 9.17) is 9.40 Å². The molecular formula is C34H28N2OP+. The number of hydrogen-bond acceptors (Lipinski definition) is 3. The first-order valence-electron chi connectivity index (χ1n) is 12.7. The zero-order chi connectivity index (χ0) is 25.8. The molecule has 6 rings (SSSR count). The predicted molar refractivity (Wildman–Crippen MR) is 161 cm³/mol. The molecule has 0 unspecified atom stereocenters. The van der Waals surface area contributed by atoms with Crippen molar-refractivity contribution in [1.29, 1.82) is 0 Å². The van der Waals surface area contributed by atoms with Crippen LogP contribution in [0.2, 0.25) is 0 Å². The molecule has 0 atom stereocenters. The lowest BCUT2D eigenvalue weighted by Crippen LogP contribution is -2.40. The third-order valence-corrected chi connectivity index (χ3v) is 10.8. The minimum absolute atomic E-state index is 0.599. The fraction of sp³-hybridized carbons (Fsp3) is 0.0294. The number of benzene rings is 5. The van der Waals surface area contributed by atoms with Crippen molar-refractivity contribution in [2.45, 2.75) is 6.92 Å². The van der Waals surface area contributed by atoms with Crippen molar-refractivity contribution in [2.24, 2.45) is 0 Å². The average Bonchev–Trinajstić information content (AvgIpc) is 3.41. The molecule has 0 aliphatic heterocycles. The van der Waals surface area contributed by atoms with E-state index in [1.54, 1.807) is 0 Å². The van der Waals surface area contributed by atoms with E-state index in [0.717, 1.165) is 16.7 Å². The van der Waals surface area contributed by atoms with Gasteiger partial charge in [0.25, 0.3) is 11.3 Å². The van der Waals surface area contributed by atoms with Gasteiger partial charge in [0.1, 0.15) is 15.9 Å². The first-order chi connectivity index (χ1) is 18.7. The van der Waals surface area contributed by atoms with Crippen molar-refractivity contribution >= 4 is 40.2 Å². The molecule has 0 radical (unpaired) electrons. The highest BCUT2D eigenvalue weighted by Gasteiger charge is 2.53. The number of rotatable bonds is 7. The molecule has 1 aromatic heterocycles. The molecular weight excluding hydrogens is 483 g/mol. The maximum atomic E-state index is 6.61. The molecule has 5 aromatic carbocycles. The van der Waals surface area contributed by atoms with Crippen LogP contribution in [-0.4, -0.2) is 4.98 Å². The summed E-state index contributed by atoms with van der Waals surface area (Å²) < 4.78 is 6.61. The number of nitrogens with one attached hydrogen (secondary N) is 1. The van der Waals surface area contributed by atoms with E-state index >= 15 is 0 Å².